The van der Waals surface area contributed by atoms with E-state index in [1.165, 1.54) is 0 Å². The molecule has 1 aromatic carbocycles. The number of carbonyl (C=O) groups is 1. The smallest absolute Gasteiger partial charge is 0.253 e. The van der Waals surface area contributed by atoms with E-state index in [0.717, 1.165) is 30.5 Å². The lowest BCUT2D eigenvalue weighted by molar-refractivity contribution is -0.126. The van der Waals surface area contributed by atoms with E-state index in [1.807, 2.05) is 24.3 Å². The van der Waals surface area contributed by atoms with Gasteiger partial charge in [-0.15, -0.1) is 0 Å². The second-order valence-electron chi connectivity index (χ2n) is 4.61. The molecule has 0 aromatic heterocycles. The molecule has 1 amide bonds. The lowest BCUT2D eigenvalue weighted by atomic mass is 10.2. The molecule has 0 saturated carbocycles. The van der Waals surface area contributed by atoms with Crippen LogP contribution >= 0.6 is 0 Å². The van der Waals surface area contributed by atoms with Crippen LogP contribution in [0.5, 0.6) is 0 Å². The van der Waals surface area contributed by atoms with Crippen LogP contribution in [0.15, 0.2) is 24.3 Å². The normalized spacial score (nSPS) is 12.2. The van der Waals surface area contributed by atoms with Crippen LogP contribution in [0.3, 0.4) is 0 Å². The first-order chi connectivity index (χ1) is 9.17. The Kier molecular flexibility index (Phi) is 7.15. The highest BCUT2D eigenvalue weighted by Gasteiger charge is 2.12. The summed E-state index contributed by atoms with van der Waals surface area (Å²) in [4.78, 5) is 11.9. The molecule has 4 nitrogen and oxygen atoms in total. The molecule has 106 valence electrons. The number of unbranched alkanes of at least 4 members (excludes halogenated alkanes) is 2. The van der Waals surface area contributed by atoms with Gasteiger partial charge in [-0.3, -0.25) is 4.79 Å². The van der Waals surface area contributed by atoms with Crippen LogP contribution in [0.2, 0.25) is 0 Å². The summed E-state index contributed by atoms with van der Waals surface area (Å²) in [6.07, 6.45) is 2.86. The van der Waals surface area contributed by atoms with Crippen molar-refractivity contribution in [2.45, 2.75) is 45.8 Å². The molecule has 19 heavy (non-hydrogen) atoms. The van der Waals surface area contributed by atoms with Gasteiger partial charge in [-0.25, -0.2) is 0 Å². The van der Waals surface area contributed by atoms with Crippen molar-refractivity contribution in [2.24, 2.45) is 5.73 Å². The number of rotatable bonds is 8. The minimum Gasteiger partial charge on any atom is -0.369 e. The van der Waals surface area contributed by atoms with Crippen LogP contribution in [0.25, 0.3) is 0 Å². The van der Waals surface area contributed by atoms with Crippen LogP contribution in [0, 0.1) is 0 Å². The first-order valence-corrected chi connectivity index (χ1v) is 6.88. The summed E-state index contributed by atoms with van der Waals surface area (Å²) < 4.78 is 5.49. The molecule has 1 unspecified atom stereocenters. The predicted molar refractivity (Wildman–Crippen MR) is 77.9 cm³/mol. The van der Waals surface area contributed by atoms with Crippen molar-refractivity contribution in [2.75, 3.05) is 11.9 Å². The van der Waals surface area contributed by atoms with Crippen LogP contribution in [-0.4, -0.2) is 18.6 Å². The second kappa shape index (κ2) is 8.67. The van der Waals surface area contributed by atoms with Crippen molar-refractivity contribution < 1.29 is 9.53 Å². The molecule has 0 heterocycles. The molecule has 1 aromatic rings. The fourth-order valence-corrected chi connectivity index (χ4v) is 1.66. The Morgan fingerprint density at radius 3 is 2.58 bits per heavy atom. The second-order valence-corrected chi connectivity index (χ2v) is 4.61. The highest BCUT2D eigenvalue weighted by molar-refractivity contribution is 5.93. The van der Waals surface area contributed by atoms with E-state index >= 15 is 0 Å². The molecular weight excluding hydrogens is 240 g/mol. The van der Waals surface area contributed by atoms with E-state index in [2.05, 4.69) is 12.2 Å². The predicted octanol–water partition coefficient (Wildman–Crippen LogP) is 2.68. The topological polar surface area (TPSA) is 64.3 Å². The summed E-state index contributed by atoms with van der Waals surface area (Å²) in [5, 5.41) is 2.83. The van der Waals surface area contributed by atoms with E-state index in [9.17, 15) is 4.79 Å². The molecule has 4 heteroatoms. The summed E-state index contributed by atoms with van der Waals surface area (Å²) in [5.74, 6) is -0.114. The maximum atomic E-state index is 11.9. The largest absolute Gasteiger partial charge is 0.369 e. The zero-order chi connectivity index (χ0) is 14.1. The van der Waals surface area contributed by atoms with Gasteiger partial charge in [0, 0.05) is 18.8 Å². The third-order valence-corrected chi connectivity index (χ3v) is 2.94. The van der Waals surface area contributed by atoms with Gasteiger partial charge < -0.3 is 15.8 Å². The Morgan fingerprint density at radius 2 is 2.00 bits per heavy atom. The number of anilines is 1. The summed E-state index contributed by atoms with van der Waals surface area (Å²) in [6.45, 7) is 5.05. The minimum atomic E-state index is -0.425. The van der Waals surface area contributed by atoms with Gasteiger partial charge in [-0.2, -0.15) is 0 Å². The van der Waals surface area contributed by atoms with Crippen molar-refractivity contribution in [3.05, 3.63) is 29.8 Å². The summed E-state index contributed by atoms with van der Waals surface area (Å²) in [5.41, 5.74) is 7.33. The highest BCUT2D eigenvalue weighted by Crippen LogP contribution is 2.10. The van der Waals surface area contributed by atoms with Gasteiger partial charge in [0.05, 0.1) is 0 Å². The summed E-state index contributed by atoms with van der Waals surface area (Å²) in [6, 6.07) is 7.51. The van der Waals surface area contributed by atoms with Crippen molar-refractivity contribution >= 4 is 11.6 Å². The first-order valence-electron chi connectivity index (χ1n) is 6.88. The molecule has 0 spiro atoms. The third-order valence-electron chi connectivity index (χ3n) is 2.94. The number of carbonyl (C=O) groups excluding carboxylic acids is 1. The van der Waals surface area contributed by atoms with Gasteiger partial charge in [-0.05, 0) is 31.0 Å². The lowest BCUT2D eigenvalue weighted by Crippen LogP contribution is -2.28. The van der Waals surface area contributed by atoms with Crippen LogP contribution in [-0.2, 0) is 16.1 Å². The molecule has 0 bridgehead atoms. The molecule has 1 rings (SSSR count). The van der Waals surface area contributed by atoms with Crippen LogP contribution < -0.4 is 11.1 Å². The molecule has 0 aliphatic carbocycles. The molecule has 1 atom stereocenters. The monoisotopic (exact) mass is 264 g/mol. The zero-order valence-corrected chi connectivity index (χ0v) is 11.8. The molecule has 0 aliphatic heterocycles. The Balaban J connectivity index is 2.36. The summed E-state index contributed by atoms with van der Waals surface area (Å²) >= 11 is 0. The average Bonchev–Trinajstić information content (AvgIpc) is 2.44. The third kappa shape index (κ3) is 5.85. The Hall–Kier alpha value is -1.39. The highest BCUT2D eigenvalue weighted by atomic mass is 16.5. The zero-order valence-electron chi connectivity index (χ0n) is 11.8. The molecule has 0 radical (unpaired) electrons. The fourth-order valence-electron chi connectivity index (χ4n) is 1.66. The fraction of sp³-hybridized carbons (Fsp3) is 0.533. The van der Waals surface area contributed by atoms with Crippen LogP contribution in [0.1, 0.15) is 38.7 Å². The standard InChI is InChI=1S/C15H24N2O2/c1-3-4-5-10-19-12(2)15(18)17-14-8-6-13(11-16)7-9-14/h6-9,12H,3-5,10-11,16H2,1-2H3,(H,17,18). The van der Waals surface area contributed by atoms with Crippen molar-refractivity contribution in [1.29, 1.82) is 0 Å². The Labute approximate surface area is 115 Å². The Bertz CT molecular complexity index is 376. The quantitative estimate of drug-likeness (QED) is 0.709. The summed E-state index contributed by atoms with van der Waals surface area (Å²) in [7, 11) is 0. The maximum absolute atomic E-state index is 11.9. The van der Waals surface area contributed by atoms with E-state index in [1.54, 1.807) is 6.92 Å². The molecule has 0 fully saturated rings. The number of nitrogens with two attached hydrogens (primary N) is 1. The number of hydrogen-bond donors (Lipinski definition) is 2. The number of ether oxygens (including phenoxy) is 1. The van der Waals surface area contributed by atoms with Gasteiger partial charge in [0.2, 0.25) is 0 Å². The molecular formula is C15H24N2O2. The molecule has 0 saturated heterocycles. The van der Waals surface area contributed by atoms with E-state index < -0.39 is 6.10 Å². The number of benzene rings is 1. The van der Waals surface area contributed by atoms with Crippen molar-refractivity contribution in [3.63, 3.8) is 0 Å². The van der Waals surface area contributed by atoms with E-state index in [0.29, 0.717) is 13.2 Å². The van der Waals surface area contributed by atoms with Gasteiger partial charge in [0.15, 0.2) is 0 Å². The SMILES string of the molecule is CCCCCOC(C)C(=O)Nc1ccc(CN)cc1. The Morgan fingerprint density at radius 1 is 1.32 bits per heavy atom. The number of amides is 1. The van der Waals surface area contributed by atoms with E-state index in [-0.39, 0.29) is 5.91 Å². The first kappa shape index (κ1) is 15.7. The molecule has 0 aliphatic rings. The van der Waals surface area contributed by atoms with Crippen molar-refractivity contribution in [1.82, 2.24) is 0 Å². The van der Waals surface area contributed by atoms with Crippen LogP contribution in [0.4, 0.5) is 5.69 Å². The van der Waals surface area contributed by atoms with E-state index in [4.69, 9.17) is 10.5 Å². The van der Waals surface area contributed by atoms with Gasteiger partial charge >= 0.3 is 0 Å². The average molecular weight is 264 g/mol. The lowest BCUT2D eigenvalue weighted by Gasteiger charge is -2.13. The van der Waals surface area contributed by atoms with Gasteiger partial charge in [-0.1, -0.05) is 31.9 Å². The van der Waals surface area contributed by atoms with Crippen molar-refractivity contribution in [3.8, 4) is 0 Å². The van der Waals surface area contributed by atoms with Gasteiger partial charge in [0.25, 0.3) is 5.91 Å². The maximum Gasteiger partial charge on any atom is 0.253 e. The van der Waals surface area contributed by atoms with Gasteiger partial charge in [0.1, 0.15) is 6.10 Å². The number of hydrogen-bond acceptors (Lipinski definition) is 3. The molecule has 3 N–H and O–H groups in total. The number of nitrogens with one attached hydrogen (secondary N) is 1. The minimum absolute atomic E-state index is 0.114.